The highest BCUT2D eigenvalue weighted by Gasteiger charge is 2.40. The van der Waals surface area contributed by atoms with Gasteiger partial charge in [-0.2, -0.15) is 5.26 Å². The Morgan fingerprint density at radius 2 is 1.94 bits per heavy atom. The third-order valence-corrected chi connectivity index (χ3v) is 6.94. The molecule has 2 aliphatic rings. The number of halogens is 2. The van der Waals surface area contributed by atoms with Crippen molar-refractivity contribution in [3.8, 4) is 6.07 Å². The van der Waals surface area contributed by atoms with Crippen molar-refractivity contribution < 1.29 is 13.6 Å². The van der Waals surface area contributed by atoms with Gasteiger partial charge in [-0.25, -0.2) is 8.78 Å². The monoisotopic (exact) mass is 468 g/mol. The van der Waals surface area contributed by atoms with Gasteiger partial charge in [0.1, 0.15) is 0 Å². The van der Waals surface area contributed by atoms with Crippen LogP contribution in [0, 0.1) is 28.9 Å². The van der Waals surface area contributed by atoms with E-state index in [1.807, 2.05) is 12.1 Å². The maximum atomic E-state index is 14.9. The zero-order valence-corrected chi connectivity index (χ0v) is 19.4. The van der Waals surface area contributed by atoms with Crippen molar-refractivity contribution in [2.75, 3.05) is 13.1 Å². The van der Waals surface area contributed by atoms with Gasteiger partial charge < -0.3 is 14.8 Å². The van der Waals surface area contributed by atoms with Crippen LogP contribution in [0.2, 0.25) is 0 Å². The number of piperidine rings is 1. The van der Waals surface area contributed by atoms with Crippen molar-refractivity contribution >= 4 is 5.91 Å². The number of rotatable bonds is 8. The van der Waals surface area contributed by atoms with Gasteiger partial charge >= 0.3 is 0 Å². The van der Waals surface area contributed by atoms with Crippen LogP contribution >= 0.6 is 0 Å². The normalized spacial score (nSPS) is 20.1. The SMILES string of the molecule is Cn1ccc([C@@H]2CCNC[C@H]2C(=O)N(Cc2ccc(CCCC#N)c(F)c2F)C2CC2)cc1=O. The lowest BCUT2D eigenvalue weighted by Gasteiger charge is -2.35. The Bertz CT molecular complexity index is 1150. The van der Waals surface area contributed by atoms with E-state index < -0.39 is 11.6 Å². The molecule has 180 valence electrons. The van der Waals surface area contributed by atoms with E-state index >= 15 is 0 Å². The first kappa shape index (κ1) is 24.1. The summed E-state index contributed by atoms with van der Waals surface area (Å²) in [5.74, 6) is -2.38. The summed E-state index contributed by atoms with van der Waals surface area (Å²) in [6.07, 6.45) is 5.19. The molecule has 1 saturated carbocycles. The van der Waals surface area contributed by atoms with Crippen LogP contribution in [-0.4, -0.2) is 34.5 Å². The maximum Gasteiger partial charge on any atom is 0.250 e. The van der Waals surface area contributed by atoms with Crippen LogP contribution in [0.1, 0.15) is 54.7 Å². The first-order valence-corrected chi connectivity index (χ1v) is 11.9. The highest BCUT2D eigenvalue weighted by molar-refractivity contribution is 5.81. The second kappa shape index (κ2) is 10.5. The summed E-state index contributed by atoms with van der Waals surface area (Å²) in [5, 5.41) is 12.0. The first-order chi connectivity index (χ1) is 16.4. The van der Waals surface area contributed by atoms with Crippen LogP contribution in [0.15, 0.2) is 35.3 Å². The number of nitrogens with zero attached hydrogens (tertiary/aromatic N) is 3. The Balaban J connectivity index is 1.55. The van der Waals surface area contributed by atoms with Gasteiger partial charge in [0.2, 0.25) is 5.91 Å². The quantitative estimate of drug-likeness (QED) is 0.603. The predicted molar refractivity (Wildman–Crippen MR) is 124 cm³/mol. The number of aryl methyl sites for hydroxylation is 2. The fraction of sp³-hybridized carbons (Fsp3) is 0.500. The number of hydrogen-bond donors (Lipinski definition) is 1. The minimum atomic E-state index is -0.919. The van der Waals surface area contributed by atoms with Gasteiger partial charge in [-0.1, -0.05) is 12.1 Å². The second-order valence-electron chi connectivity index (χ2n) is 9.34. The lowest BCUT2D eigenvalue weighted by molar-refractivity contribution is -0.138. The molecule has 1 saturated heterocycles. The zero-order chi connectivity index (χ0) is 24.2. The number of unbranched alkanes of at least 4 members (excludes halogenated alkanes) is 1. The summed E-state index contributed by atoms with van der Waals surface area (Å²) in [4.78, 5) is 27.6. The van der Waals surface area contributed by atoms with Crippen molar-refractivity contribution in [1.29, 1.82) is 5.26 Å². The molecular formula is C26H30F2N4O2. The smallest absolute Gasteiger partial charge is 0.250 e. The number of hydrogen-bond acceptors (Lipinski definition) is 4. The average Bonchev–Trinajstić information content (AvgIpc) is 3.68. The van der Waals surface area contributed by atoms with Gasteiger partial charge in [0.05, 0.1) is 12.0 Å². The molecule has 2 aromatic rings. The van der Waals surface area contributed by atoms with Crippen molar-refractivity contribution in [3.63, 3.8) is 0 Å². The van der Waals surface area contributed by atoms with Crippen molar-refractivity contribution in [2.24, 2.45) is 13.0 Å². The van der Waals surface area contributed by atoms with E-state index in [-0.39, 0.29) is 53.4 Å². The van der Waals surface area contributed by atoms with Gasteiger partial charge in [0, 0.05) is 50.4 Å². The van der Waals surface area contributed by atoms with E-state index in [2.05, 4.69) is 5.32 Å². The van der Waals surface area contributed by atoms with Crippen LogP contribution < -0.4 is 10.9 Å². The Hall–Kier alpha value is -3.05. The molecule has 2 fully saturated rings. The molecule has 1 N–H and O–H groups in total. The fourth-order valence-electron chi connectivity index (χ4n) is 4.78. The Kier molecular flexibility index (Phi) is 7.42. The molecule has 0 bridgehead atoms. The number of carbonyl (C=O) groups excluding carboxylic acids is 1. The number of pyridine rings is 1. The summed E-state index contributed by atoms with van der Waals surface area (Å²) in [5.41, 5.74) is 1.14. The van der Waals surface area contributed by atoms with E-state index in [1.165, 1.54) is 4.57 Å². The summed E-state index contributed by atoms with van der Waals surface area (Å²) in [6, 6.07) is 8.63. The fourth-order valence-corrected chi connectivity index (χ4v) is 4.78. The zero-order valence-electron chi connectivity index (χ0n) is 19.4. The highest BCUT2D eigenvalue weighted by Crippen LogP contribution is 2.36. The van der Waals surface area contributed by atoms with Gasteiger partial charge in [0.15, 0.2) is 11.6 Å². The highest BCUT2D eigenvalue weighted by atomic mass is 19.2. The molecule has 1 aromatic heterocycles. The van der Waals surface area contributed by atoms with E-state index in [0.29, 0.717) is 19.4 Å². The van der Waals surface area contributed by atoms with Gasteiger partial charge in [-0.05, 0) is 61.8 Å². The topological polar surface area (TPSA) is 78.1 Å². The summed E-state index contributed by atoms with van der Waals surface area (Å²) in [7, 11) is 1.69. The van der Waals surface area contributed by atoms with Crippen LogP contribution in [0.4, 0.5) is 8.78 Å². The van der Waals surface area contributed by atoms with Crippen molar-refractivity contribution in [2.45, 2.75) is 57.0 Å². The Labute approximate surface area is 198 Å². The number of nitriles is 1. The van der Waals surface area contributed by atoms with Crippen LogP contribution in [0.5, 0.6) is 0 Å². The van der Waals surface area contributed by atoms with E-state index in [0.717, 1.165) is 31.4 Å². The third kappa shape index (κ3) is 5.20. The summed E-state index contributed by atoms with van der Waals surface area (Å²) >= 11 is 0. The second-order valence-corrected chi connectivity index (χ2v) is 9.34. The maximum absolute atomic E-state index is 14.9. The van der Waals surface area contributed by atoms with Gasteiger partial charge in [-0.15, -0.1) is 0 Å². The number of carbonyl (C=O) groups is 1. The first-order valence-electron chi connectivity index (χ1n) is 11.9. The molecule has 6 nitrogen and oxygen atoms in total. The van der Waals surface area contributed by atoms with E-state index in [1.54, 1.807) is 36.3 Å². The molecule has 8 heteroatoms. The Morgan fingerprint density at radius 1 is 1.21 bits per heavy atom. The number of amides is 1. The molecule has 1 amide bonds. The molecule has 4 rings (SSSR count). The Morgan fingerprint density at radius 3 is 2.65 bits per heavy atom. The lowest BCUT2D eigenvalue weighted by atomic mass is 9.80. The summed E-state index contributed by atoms with van der Waals surface area (Å²) in [6.45, 7) is 1.25. The predicted octanol–water partition coefficient (Wildman–Crippen LogP) is 3.39. The van der Waals surface area contributed by atoms with Crippen LogP contribution in [-0.2, 0) is 24.8 Å². The third-order valence-electron chi connectivity index (χ3n) is 6.94. The molecule has 0 spiro atoms. The molecule has 2 atom stereocenters. The van der Waals surface area contributed by atoms with Crippen molar-refractivity contribution in [3.05, 3.63) is 69.1 Å². The molecule has 1 aliphatic carbocycles. The van der Waals surface area contributed by atoms with E-state index in [4.69, 9.17) is 5.26 Å². The van der Waals surface area contributed by atoms with E-state index in [9.17, 15) is 18.4 Å². The van der Waals surface area contributed by atoms with Crippen molar-refractivity contribution in [1.82, 2.24) is 14.8 Å². The summed E-state index contributed by atoms with van der Waals surface area (Å²) < 4.78 is 31.1. The standard InChI is InChI=1S/C26H30F2N4O2/c1-31-13-10-18(14-23(31)33)21-9-12-30-15-22(21)26(34)32(20-7-8-20)16-19-6-5-17(4-2-3-11-29)24(27)25(19)28/h5-6,10,13-14,20-22,30H,2-4,7-9,12,15-16H2,1H3/t21-,22+/m0/s1. The molecule has 34 heavy (non-hydrogen) atoms. The average molecular weight is 469 g/mol. The molecule has 1 aliphatic heterocycles. The van der Waals surface area contributed by atoms with Crippen LogP contribution in [0.25, 0.3) is 0 Å². The van der Waals surface area contributed by atoms with Crippen LogP contribution in [0.3, 0.4) is 0 Å². The van der Waals surface area contributed by atoms with Gasteiger partial charge in [-0.3, -0.25) is 9.59 Å². The number of aromatic nitrogens is 1. The molecule has 0 unspecified atom stereocenters. The number of benzene rings is 1. The minimum absolute atomic E-state index is 0.0184. The molecule has 0 radical (unpaired) electrons. The molecule has 1 aromatic carbocycles. The minimum Gasteiger partial charge on any atom is -0.335 e. The number of nitrogens with one attached hydrogen (secondary N) is 1. The largest absolute Gasteiger partial charge is 0.335 e. The lowest BCUT2D eigenvalue weighted by Crippen LogP contribution is -2.47. The van der Waals surface area contributed by atoms with Gasteiger partial charge in [0.25, 0.3) is 5.56 Å². The molecular weight excluding hydrogens is 438 g/mol. The molecule has 2 heterocycles.